The second-order valence-corrected chi connectivity index (χ2v) is 7.55. The zero-order chi connectivity index (χ0) is 18.0. The van der Waals surface area contributed by atoms with Crippen LogP contribution in [0.5, 0.6) is 0 Å². The first-order chi connectivity index (χ1) is 11.9. The van der Waals surface area contributed by atoms with Crippen molar-refractivity contribution in [2.75, 3.05) is 31.6 Å². The zero-order valence-electron chi connectivity index (χ0n) is 15.5. The van der Waals surface area contributed by atoms with E-state index in [4.69, 9.17) is 4.74 Å². The zero-order valence-corrected chi connectivity index (χ0v) is 15.5. The number of aryl methyl sites for hydroxylation is 2. The Morgan fingerprint density at radius 1 is 1.32 bits per heavy atom. The number of anilines is 1. The molecule has 2 unspecified atom stereocenters. The number of rotatable bonds is 5. The largest absolute Gasteiger partial charge is 0.392 e. The van der Waals surface area contributed by atoms with Crippen molar-refractivity contribution in [1.29, 1.82) is 0 Å². The predicted molar refractivity (Wildman–Crippen MR) is 98.7 cm³/mol. The molecular formula is C20H30N2O3. The Morgan fingerprint density at radius 2 is 2.04 bits per heavy atom. The molecule has 3 rings (SSSR count). The van der Waals surface area contributed by atoms with Crippen molar-refractivity contribution in [3.63, 3.8) is 0 Å². The first-order valence-electron chi connectivity index (χ1n) is 9.34. The molecule has 1 heterocycles. The Bertz CT molecular complexity index is 621. The third-order valence-corrected chi connectivity index (χ3v) is 6.05. The molecule has 1 spiro atoms. The standard InChI is InChI=1S/C20H30N2O3/c1-4-25-18-12-17(23)20(18)7-9-22(10-8-20)13-19(24)21-16-6-5-14(2)15(3)11-16/h5-6,11,17-18,23H,4,7-10,12-13H2,1-3H3,(H,21,24). The molecule has 5 nitrogen and oxygen atoms in total. The number of nitrogens with one attached hydrogen (secondary N) is 1. The van der Waals surface area contributed by atoms with Gasteiger partial charge in [-0.25, -0.2) is 0 Å². The number of aliphatic hydroxyl groups is 1. The van der Waals surface area contributed by atoms with Gasteiger partial charge in [0, 0.05) is 24.1 Å². The smallest absolute Gasteiger partial charge is 0.238 e. The quantitative estimate of drug-likeness (QED) is 0.860. The summed E-state index contributed by atoms with van der Waals surface area (Å²) in [5.74, 6) is 0.0229. The van der Waals surface area contributed by atoms with Crippen molar-refractivity contribution in [3.8, 4) is 0 Å². The summed E-state index contributed by atoms with van der Waals surface area (Å²) in [7, 11) is 0. The number of carbonyl (C=O) groups is 1. The molecule has 5 heteroatoms. The highest BCUT2D eigenvalue weighted by Gasteiger charge is 2.55. The number of aliphatic hydroxyl groups excluding tert-OH is 1. The van der Waals surface area contributed by atoms with Gasteiger partial charge in [0.05, 0.1) is 18.8 Å². The van der Waals surface area contributed by atoms with E-state index in [2.05, 4.69) is 17.1 Å². The van der Waals surface area contributed by atoms with Crippen molar-refractivity contribution >= 4 is 11.6 Å². The van der Waals surface area contributed by atoms with Crippen LogP contribution >= 0.6 is 0 Å². The SMILES string of the molecule is CCOC1CC(O)C12CCN(CC(=O)Nc1ccc(C)c(C)c1)CC2. The molecule has 0 aromatic heterocycles. The van der Waals surface area contributed by atoms with Crippen LogP contribution in [0.4, 0.5) is 5.69 Å². The van der Waals surface area contributed by atoms with E-state index in [9.17, 15) is 9.90 Å². The molecule has 1 aliphatic heterocycles. The number of amides is 1. The second-order valence-electron chi connectivity index (χ2n) is 7.55. The summed E-state index contributed by atoms with van der Waals surface area (Å²) in [6.45, 7) is 8.88. The Labute approximate surface area is 150 Å². The minimum Gasteiger partial charge on any atom is -0.392 e. The van der Waals surface area contributed by atoms with Gasteiger partial charge in [0.2, 0.25) is 5.91 Å². The van der Waals surface area contributed by atoms with Crippen molar-refractivity contribution < 1.29 is 14.6 Å². The van der Waals surface area contributed by atoms with E-state index in [1.54, 1.807) is 0 Å². The molecule has 25 heavy (non-hydrogen) atoms. The summed E-state index contributed by atoms with van der Waals surface area (Å²) in [4.78, 5) is 14.5. The topological polar surface area (TPSA) is 61.8 Å². The monoisotopic (exact) mass is 346 g/mol. The molecule has 1 saturated carbocycles. The van der Waals surface area contributed by atoms with Gasteiger partial charge in [-0.2, -0.15) is 0 Å². The van der Waals surface area contributed by atoms with Gasteiger partial charge >= 0.3 is 0 Å². The van der Waals surface area contributed by atoms with E-state index in [1.165, 1.54) is 11.1 Å². The van der Waals surface area contributed by atoms with Crippen LogP contribution in [-0.2, 0) is 9.53 Å². The summed E-state index contributed by atoms with van der Waals surface area (Å²) in [6, 6.07) is 5.99. The molecule has 0 bridgehead atoms. The van der Waals surface area contributed by atoms with E-state index in [0.717, 1.165) is 38.0 Å². The van der Waals surface area contributed by atoms with E-state index < -0.39 is 0 Å². The maximum Gasteiger partial charge on any atom is 0.238 e. The molecule has 1 aromatic carbocycles. The summed E-state index contributed by atoms with van der Waals surface area (Å²) >= 11 is 0. The normalized spacial score (nSPS) is 25.6. The maximum absolute atomic E-state index is 12.3. The number of nitrogens with zero attached hydrogens (tertiary/aromatic N) is 1. The Hall–Kier alpha value is -1.43. The first-order valence-corrected chi connectivity index (χ1v) is 9.34. The van der Waals surface area contributed by atoms with Gasteiger partial charge in [-0.15, -0.1) is 0 Å². The van der Waals surface area contributed by atoms with Crippen LogP contribution < -0.4 is 5.32 Å². The predicted octanol–water partition coefficient (Wildman–Crippen LogP) is 2.49. The maximum atomic E-state index is 12.3. The molecular weight excluding hydrogens is 316 g/mol. The molecule has 1 aliphatic carbocycles. The number of carbonyl (C=O) groups excluding carboxylic acids is 1. The minimum atomic E-state index is -0.254. The van der Waals surface area contributed by atoms with Crippen LogP contribution in [0.25, 0.3) is 0 Å². The average Bonchev–Trinajstić information content (AvgIpc) is 2.58. The Morgan fingerprint density at radius 3 is 2.64 bits per heavy atom. The van der Waals surface area contributed by atoms with E-state index >= 15 is 0 Å². The van der Waals surface area contributed by atoms with Gasteiger partial charge < -0.3 is 15.2 Å². The minimum absolute atomic E-state index is 0.0229. The third kappa shape index (κ3) is 3.73. The van der Waals surface area contributed by atoms with Crippen LogP contribution in [0.2, 0.25) is 0 Å². The van der Waals surface area contributed by atoms with Crippen LogP contribution in [0.15, 0.2) is 18.2 Å². The van der Waals surface area contributed by atoms with Crippen molar-refractivity contribution in [1.82, 2.24) is 4.90 Å². The van der Waals surface area contributed by atoms with Crippen molar-refractivity contribution in [3.05, 3.63) is 29.3 Å². The summed E-state index contributed by atoms with van der Waals surface area (Å²) < 4.78 is 5.80. The van der Waals surface area contributed by atoms with Gasteiger partial charge in [-0.3, -0.25) is 9.69 Å². The number of ether oxygens (including phenoxy) is 1. The van der Waals surface area contributed by atoms with Crippen molar-refractivity contribution in [2.24, 2.45) is 5.41 Å². The second kappa shape index (κ2) is 7.44. The highest BCUT2D eigenvalue weighted by molar-refractivity contribution is 5.92. The molecule has 2 fully saturated rings. The highest BCUT2D eigenvalue weighted by Crippen LogP contribution is 2.50. The molecule has 2 aliphatic rings. The lowest BCUT2D eigenvalue weighted by molar-refractivity contribution is -0.209. The highest BCUT2D eigenvalue weighted by atomic mass is 16.5. The molecule has 1 aromatic rings. The summed E-state index contributed by atoms with van der Waals surface area (Å²) in [5.41, 5.74) is 3.17. The fraction of sp³-hybridized carbons (Fsp3) is 0.650. The lowest BCUT2D eigenvalue weighted by Crippen LogP contribution is -2.62. The van der Waals surface area contributed by atoms with Crippen LogP contribution in [-0.4, -0.2) is 54.4 Å². The molecule has 2 N–H and O–H groups in total. The first kappa shape index (κ1) is 18.4. The Kier molecular flexibility index (Phi) is 5.46. The van der Waals surface area contributed by atoms with Crippen molar-refractivity contribution in [2.45, 2.75) is 52.2 Å². The van der Waals surface area contributed by atoms with E-state index in [-0.39, 0.29) is 23.5 Å². The molecule has 0 radical (unpaired) electrons. The Balaban J connectivity index is 1.50. The lowest BCUT2D eigenvalue weighted by atomic mass is 9.58. The van der Waals surface area contributed by atoms with E-state index in [0.29, 0.717) is 13.2 Å². The van der Waals surface area contributed by atoms with Gasteiger partial charge in [0.15, 0.2) is 0 Å². The van der Waals surface area contributed by atoms with Gasteiger partial charge in [-0.05, 0) is 70.0 Å². The summed E-state index contributed by atoms with van der Waals surface area (Å²) in [5, 5.41) is 13.2. The van der Waals surface area contributed by atoms with Crippen LogP contribution in [0.1, 0.15) is 37.3 Å². The van der Waals surface area contributed by atoms with Gasteiger partial charge in [-0.1, -0.05) is 6.07 Å². The number of hydrogen-bond acceptors (Lipinski definition) is 4. The molecule has 138 valence electrons. The third-order valence-electron chi connectivity index (χ3n) is 6.05. The van der Waals surface area contributed by atoms with Gasteiger partial charge in [0.25, 0.3) is 0 Å². The number of benzene rings is 1. The molecule has 2 atom stereocenters. The number of piperidine rings is 1. The fourth-order valence-corrected chi connectivity index (χ4v) is 4.17. The molecule has 1 amide bonds. The van der Waals surface area contributed by atoms with Crippen LogP contribution in [0.3, 0.4) is 0 Å². The van der Waals surface area contributed by atoms with E-state index in [1.807, 2.05) is 32.0 Å². The number of hydrogen-bond donors (Lipinski definition) is 2. The van der Waals surface area contributed by atoms with Gasteiger partial charge in [0.1, 0.15) is 0 Å². The average molecular weight is 346 g/mol. The van der Waals surface area contributed by atoms with Crippen LogP contribution in [0, 0.1) is 19.3 Å². The molecule has 1 saturated heterocycles. The summed E-state index contributed by atoms with van der Waals surface area (Å²) in [6.07, 6.45) is 2.47. The lowest BCUT2D eigenvalue weighted by Gasteiger charge is -2.56. The number of likely N-dealkylation sites (tertiary alicyclic amines) is 1. The fourth-order valence-electron chi connectivity index (χ4n) is 4.17.